The van der Waals surface area contributed by atoms with Crippen LogP contribution >= 0.6 is 0 Å². The molecule has 0 N–H and O–H groups in total. The van der Waals surface area contributed by atoms with Crippen molar-refractivity contribution in [1.82, 2.24) is 0 Å². The van der Waals surface area contributed by atoms with Crippen molar-refractivity contribution in [3.8, 4) is 11.8 Å². The number of hydrogen-bond donors (Lipinski definition) is 0. The molecule has 0 saturated heterocycles. The van der Waals surface area contributed by atoms with Gasteiger partial charge in [-0.3, -0.25) is 0 Å². The smallest absolute Gasteiger partial charge is 0.387 e. The van der Waals surface area contributed by atoms with Crippen molar-refractivity contribution in [1.29, 1.82) is 5.26 Å². The van der Waals surface area contributed by atoms with Gasteiger partial charge in [0.05, 0.1) is 5.56 Å². The normalized spacial score (nSPS) is 10.0. The summed E-state index contributed by atoms with van der Waals surface area (Å²) in [5.74, 6) is -1.12. The molecule has 0 aromatic heterocycles. The van der Waals surface area contributed by atoms with Crippen molar-refractivity contribution >= 4 is 0 Å². The molecule has 2 nitrogen and oxygen atoms in total. The maximum absolute atomic E-state index is 12.9. The third-order valence-electron chi connectivity index (χ3n) is 1.60. The van der Waals surface area contributed by atoms with Gasteiger partial charge in [-0.1, -0.05) is 0 Å². The molecule has 0 amide bonds. The van der Waals surface area contributed by atoms with Crippen LogP contribution in [0.15, 0.2) is 12.1 Å². The number of aryl methyl sites for hydroxylation is 1. The summed E-state index contributed by atoms with van der Waals surface area (Å²) < 4.78 is 40.6. The summed E-state index contributed by atoms with van der Waals surface area (Å²) in [6.45, 7) is -1.54. The highest BCUT2D eigenvalue weighted by molar-refractivity contribution is 5.42. The van der Waals surface area contributed by atoms with Gasteiger partial charge in [-0.05, 0) is 18.6 Å². The van der Waals surface area contributed by atoms with Gasteiger partial charge in [0.1, 0.15) is 17.6 Å². The highest BCUT2D eigenvalue weighted by Crippen LogP contribution is 2.23. The summed E-state index contributed by atoms with van der Waals surface area (Å²) in [4.78, 5) is 0. The fourth-order valence-corrected chi connectivity index (χ4v) is 0.972. The van der Waals surface area contributed by atoms with Crippen LogP contribution in [0.5, 0.6) is 5.75 Å². The summed E-state index contributed by atoms with van der Waals surface area (Å²) in [5.41, 5.74) is 0.104. The van der Waals surface area contributed by atoms with Gasteiger partial charge in [-0.15, -0.1) is 0 Å². The van der Waals surface area contributed by atoms with E-state index in [9.17, 15) is 13.2 Å². The van der Waals surface area contributed by atoms with Crippen molar-refractivity contribution in [2.45, 2.75) is 13.5 Å². The number of alkyl halides is 2. The van der Waals surface area contributed by atoms with E-state index in [1.807, 2.05) is 0 Å². The number of ether oxygens (including phenoxy) is 1. The highest BCUT2D eigenvalue weighted by atomic mass is 19.3. The maximum Gasteiger partial charge on any atom is 0.387 e. The predicted molar refractivity (Wildman–Crippen MR) is 42.5 cm³/mol. The second-order valence-electron chi connectivity index (χ2n) is 2.59. The molecule has 0 atom stereocenters. The van der Waals surface area contributed by atoms with Crippen molar-refractivity contribution in [3.05, 3.63) is 29.1 Å². The fraction of sp³-hybridized carbons (Fsp3) is 0.222. The molecular formula is C9H6F3NO. The SMILES string of the molecule is Cc1cc(C#N)c(F)cc1OC(F)F. The third-order valence-corrected chi connectivity index (χ3v) is 1.60. The molecule has 14 heavy (non-hydrogen) atoms. The summed E-state index contributed by atoms with van der Waals surface area (Å²) in [7, 11) is 0. The average Bonchev–Trinajstić information content (AvgIpc) is 2.10. The number of benzene rings is 1. The molecule has 1 aromatic carbocycles. The molecule has 0 aliphatic carbocycles. The van der Waals surface area contributed by atoms with E-state index >= 15 is 0 Å². The molecular weight excluding hydrogens is 195 g/mol. The van der Waals surface area contributed by atoms with Crippen LogP contribution in [0, 0.1) is 24.1 Å². The fourth-order valence-electron chi connectivity index (χ4n) is 0.972. The Kier molecular flexibility index (Phi) is 2.97. The van der Waals surface area contributed by atoms with E-state index in [2.05, 4.69) is 4.74 Å². The van der Waals surface area contributed by atoms with E-state index in [4.69, 9.17) is 5.26 Å². The van der Waals surface area contributed by atoms with E-state index in [-0.39, 0.29) is 11.3 Å². The number of nitriles is 1. The lowest BCUT2D eigenvalue weighted by Gasteiger charge is -2.07. The molecule has 0 saturated carbocycles. The minimum atomic E-state index is -3.00. The van der Waals surface area contributed by atoms with Gasteiger partial charge in [-0.2, -0.15) is 14.0 Å². The predicted octanol–water partition coefficient (Wildman–Crippen LogP) is 2.61. The molecule has 0 bridgehead atoms. The Bertz CT molecular complexity index is 384. The van der Waals surface area contributed by atoms with E-state index < -0.39 is 12.4 Å². The molecule has 1 rings (SSSR count). The number of halogens is 3. The van der Waals surface area contributed by atoms with Gasteiger partial charge in [0.25, 0.3) is 0 Å². The van der Waals surface area contributed by atoms with Gasteiger partial charge in [0.2, 0.25) is 0 Å². The van der Waals surface area contributed by atoms with Gasteiger partial charge < -0.3 is 4.74 Å². The molecule has 0 unspecified atom stereocenters. The van der Waals surface area contributed by atoms with Crippen LogP contribution in [0.4, 0.5) is 13.2 Å². The van der Waals surface area contributed by atoms with Crippen molar-refractivity contribution in [3.63, 3.8) is 0 Å². The molecule has 0 aliphatic heterocycles. The quantitative estimate of drug-likeness (QED) is 0.736. The van der Waals surface area contributed by atoms with Crippen LogP contribution in [0.25, 0.3) is 0 Å². The Morgan fingerprint density at radius 1 is 1.43 bits per heavy atom. The Morgan fingerprint density at radius 3 is 2.57 bits per heavy atom. The molecule has 5 heteroatoms. The lowest BCUT2D eigenvalue weighted by molar-refractivity contribution is -0.0504. The van der Waals surface area contributed by atoms with Crippen LogP contribution in [0.1, 0.15) is 11.1 Å². The maximum atomic E-state index is 12.9. The zero-order valence-corrected chi connectivity index (χ0v) is 7.22. The van der Waals surface area contributed by atoms with E-state index in [0.29, 0.717) is 5.56 Å². The molecule has 0 spiro atoms. The van der Waals surface area contributed by atoms with Gasteiger partial charge in [-0.25, -0.2) is 4.39 Å². The van der Waals surface area contributed by atoms with Crippen molar-refractivity contribution in [2.75, 3.05) is 0 Å². The molecule has 1 aromatic rings. The van der Waals surface area contributed by atoms with Gasteiger partial charge in [0.15, 0.2) is 0 Å². The van der Waals surface area contributed by atoms with Crippen LogP contribution in [0.2, 0.25) is 0 Å². The molecule has 0 heterocycles. The van der Waals surface area contributed by atoms with E-state index in [1.54, 1.807) is 6.07 Å². The Hall–Kier alpha value is -1.70. The molecule has 0 fully saturated rings. The first-order valence-electron chi connectivity index (χ1n) is 3.69. The minimum absolute atomic E-state index is 0.191. The van der Waals surface area contributed by atoms with Crippen LogP contribution in [-0.2, 0) is 0 Å². The number of hydrogen-bond acceptors (Lipinski definition) is 2. The van der Waals surface area contributed by atoms with Crippen LogP contribution < -0.4 is 4.74 Å². The topological polar surface area (TPSA) is 33.0 Å². The zero-order valence-electron chi connectivity index (χ0n) is 7.22. The summed E-state index contributed by atoms with van der Waals surface area (Å²) in [6, 6.07) is 3.54. The Labute approximate surface area is 78.5 Å². The first-order chi connectivity index (χ1) is 6.54. The van der Waals surface area contributed by atoms with Crippen LogP contribution in [-0.4, -0.2) is 6.61 Å². The van der Waals surface area contributed by atoms with Crippen molar-refractivity contribution in [2.24, 2.45) is 0 Å². The Morgan fingerprint density at radius 2 is 2.07 bits per heavy atom. The van der Waals surface area contributed by atoms with Gasteiger partial charge >= 0.3 is 6.61 Å². The summed E-state index contributed by atoms with van der Waals surface area (Å²) >= 11 is 0. The second-order valence-corrected chi connectivity index (χ2v) is 2.59. The minimum Gasteiger partial charge on any atom is -0.434 e. The van der Waals surface area contributed by atoms with Crippen molar-refractivity contribution < 1.29 is 17.9 Å². The third kappa shape index (κ3) is 2.16. The lowest BCUT2D eigenvalue weighted by atomic mass is 10.1. The summed E-state index contributed by atoms with van der Waals surface area (Å²) in [6.07, 6.45) is 0. The first kappa shape index (κ1) is 10.4. The molecule has 0 aliphatic rings. The summed E-state index contributed by atoms with van der Waals surface area (Å²) in [5, 5.41) is 8.44. The Balaban J connectivity index is 3.10. The van der Waals surface area contributed by atoms with E-state index in [1.165, 1.54) is 6.92 Å². The molecule has 74 valence electrons. The second kappa shape index (κ2) is 4.01. The number of rotatable bonds is 2. The number of nitrogens with zero attached hydrogens (tertiary/aromatic N) is 1. The van der Waals surface area contributed by atoms with Crippen LogP contribution in [0.3, 0.4) is 0 Å². The highest BCUT2D eigenvalue weighted by Gasteiger charge is 2.11. The lowest BCUT2D eigenvalue weighted by Crippen LogP contribution is -2.04. The standard InChI is InChI=1S/C9H6F3NO/c1-5-2-6(4-13)7(10)3-8(5)14-9(11)12/h2-3,9H,1H3. The van der Waals surface area contributed by atoms with Gasteiger partial charge in [0, 0.05) is 6.07 Å². The largest absolute Gasteiger partial charge is 0.434 e. The van der Waals surface area contributed by atoms with E-state index in [0.717, 1.165) is 12.1 Å². The first-order valence-corrected chi connectivity index (χ1v) is 3.69. The average molecular weight is 201 g/mol. The monoisotopic (exact) mass is 201 g/mol. The zero-order chi connectivity index (χ0) is 10.7. The molecule has 0 radical (unpaired) electrons.